The van der Waals surface area contributed by atoms with E-state index in [2.05, 4.69) is 4.74 Å². The molecule has 2 aromatic carbocycles. The summed E-state index contributed by atoms with van der Waals surface area (Å²) < 4.78 is 4.52. The minimum Gasteiger partial charge on any atom is -0.466 e. The van der Waals surface area contributed by atoms with E-state index >= 15 is 0 Å². The van der Waals surface area contributed by atoms with Gasteiger partial charge in [0.1, 0.15) is 0 Å². The second-order valence-corrected chi connectivity index (χ2v) is 4.94. The maximum Gasteiger partial charge on any atom is 0.330 e. The summed E-state index contributed by atoms with van der Waals surface area (Å²) >= 11 is 0. The van der Waals surface area contributed by atoms with Gasteiger partial charge in [0.2, 0.25) is 0 Å². The van der Waals surface area contributed by atoms with Gasteiger partial charge < -0.3 is 4.74 Å². The Bertz CT molecular complexity index is 786. The molecule has 0 fully saturated rings. The van der Waals surface area contributed by atoms with Crippen LogP contribution in [0.5, 0.6) is 0 Å². The van der Waals surface area contributed by atoms with E-state index in [-0.39, 0.29) is 11.8 Å². The Morgan fingerprint density at radius 3 is 2.04 bits per heavy atom. The van der Waals surface area contributed by atoms with Crippen LogP contribution in [0.1, 0.15) is 26.3 Å². The van der Waals surface area contributed by atoms with E-state index in [9.17, 15) is 14.4 Å². The standard InChI is InChI=1S/C18H13NO4/c1-23-16(20)11-8-12-6-9-13(10-7-12)19-17(21)14-4-2-3-5-15(14)18(19)22/h2-11H,1H3/b11-8+. The summed E-state index contributed by atoms with van der Waals surface area (Å²) in [7, 11) is 1.30. The van der Waals surface area contributed by atoms with Gasteiger partial charge in [-0.25, -0.2) is 9.69 Å². The van der Waals surface area contributed by atoms with Crippen molar-refractivity contribution >= 4 is 29.5 Å². The molecule has 0 N–H and O–H groups in total. The Hall–Kier alpha value is -3.21. The fourth-order valence-electron chi connectivity index (χ4n) is 2.39. The van der Waals surface area contributed by atoms with Gasteiger partial charge >= 0.3 is 5.97 Å². The van der Waals surface area contributed by atoms with Crippen LogP contribution in [0.25, 0.3) is 6.08 Å². The van der Waals surface area contributed by atoms with Gasteiger partial charge in [-0.3, -0.25) is 9.59 Å². The summed E-state index contributed by atoms with van der Waals surface area (Å²) in [5, 5.41) is 0. The average Bonchev–Trinajstić information content (AvgIpc) is 2.85. The molecule has 0 atom stereocenters. The van der Waals surface area contributed by atoms with Gasteiger partial charge in [0.15, 0.2) is 0 Å². The van der Waals surface area contributed by atoms with Crippen LogP contribution in [-0.4, -0.2) is 24.9 Å². The van der Waals surface area contributed by atoms with Crippen LogP contribution in [-0.2, 0) is 9.53 Å². The van der Waals surface area contributed by atoms with E-state index in [1.807, 2.05) is 0 Å². The number of fused-ring (bicyclic) bond motifs is 1. The molecule has 0 saturated carbocycles. The third-order valence-corrected chi connectivity index (χ3v) is 3.56. The first kappa shape index (κ1) is 14.7. The number of carbonyl (C=O) groups is 3. The Balaban J connectivity index is 1.87. The number of imide groups is 1. The Morgan fingerprint density at radius 2 is 1.52 bits per heavy atom. The topological polar surface area (TPSA) is 63.7 Å². The number of rotatable bonds is 3. The minimum atomic E-state index is -0.450. The van der Waals surface area contributed by atoms with Gasteiger partial charge in [-0.1, -0.05) is 24.3 Å². The molecule has 0 aliphatic carbocycles. The fourth-order valence-corrected chi connectivity index (χ4v) is 2.39. The zero-order valence-corrected chi connectivity index (χ0v) is 12.4. The SMILES string of the molecule is COC(=O)/C=C/c1ccc(N2C(=O)c3ccccc3C2=O)cc1. The van der Waals surface area contributed by atoms with E-state index in [1.54, 1.807) is 54.6 Å². The lowest BCUT2D eigenvalue weighted by molar-refractivity contribution is -0.134. The lowest BCUT2D eigenvalue weighted by atomic mass is 10.1. The van der Waals surface area contributed by atoms with Crippen molar-refractivity contribution in [2.24, 2.45) is 0 Å². The first-order chi connectivity index (χ1) is 11.1. The summed E-state index contributed by atoms with van der Waals surface area (Å²) in [5.41, 5.74) is 2.07. The van der Waals surface area contributed by atoms with Gasteiger partial charge in [0, 0.05) is 6.08 Å². The van der Waals surface area contributed by atoms with E-state index in [0.717, 1.165) is 10.5 Å². The lowest BCUT2D eigenvalue weighted by Crippen LogP contribution is -2.29. The van der Waals surface area contributed by atoms with E-state index < -0.39 is 5.97 Å². The fraction of sp³-hybridized carbons (Fsp3) is 0.0556. The molecule has 0 radical (unpaired) electrons. The number of benzene rings is 2. The molecule has 0 aromatic heterocycles. The van der Waals surface area contributed by atoms with Gasteiger partial charge in [-0.15, -0.1) is 0 Å². The molecule has 1 aliphatic rings. The second kappa shape index (κ2) is 5.88. The minimum absolute atomic E-state index is 0.330. The maximum atomic E-state index is 12.4. The molecule has 5 heteroatoms. The third kappa shape index (κ3) is 2.64. The third-order valence-electron chi connectivity index (χ3n) is 3.56. The molecule has 23 heavy (non-hydrogen) atoms. The number of hydrogen-bond donors (Lipinski definition) is 0. The molecular formula is C18H13NO4. The molecule has 0 spiro atoms. The molecule has 0 bridgehead atoms. The molecule has 1 heterocycles. The highest BCUT2D eigenvalue weighted by Crippen LogP contribution is 2.28. The van der Waals surface area contributed by atoms with E-state index in [0.29, 0.717) is 16.8 Å². The smallest absolute Gasteiger partial charge is 0.330 e. The van der Waals surface area contributed by atoms with Crippen molar-refractivity contribution in [3.63, 3.8) is 0 Å². The highest BCUT2D eigenvalue weighted by atomic mass is 16.5. The zero-order chi connectivity index (χ0) is 16.4. The van der Waals surface area contributed by atoms with Crippen LogP contribution in [0.2, 0.25) is 0 Å². The Kier molecular flexibility index (Phi) is 3.76. The van der Waals surface area contributed by atoms with Crippen molar-refractivity contribution in [2.75, 3.05) is 12.0 Å². The number of carbonyl (C=O) groups excluding carboxylic acids is 3. The van der Waals surface area contributed by atoms with Crippen LogP contribution in [0.15, 0.2) is 54.6 Å². The van der Waals surface area contributed by atoms with E-state index in [4.69, 9.17) is 0 Å². The molecular weight excluding hydrogens is 294 g/mol. The van der Waals surface area contributed by atoms with Crippen molar-refractivity contribution in [3.8, 4) is 0 Å². The highest BCUT2D eigenvalue weighted by molar-refractivity contribution is 6.34. The number of methoxy groups -OCH3 is 1. The molecule has 5 nitrogen and oxygen atoms in total. The molecule has 2 amide bonds. The maximum absolute atomic E-state index is 12.4. The quantitative estimate of drug-likeness (QED) is 0.497. The summed E-state index contributed by atoms with van der Waals surface area (Å²) in [6, 6.07) is 13.5. The van der Waals surface area contributed by atoms with E-state index in [1.165, 1.54) is 13.2 Å². The molecule has 0 unspecified atom stereocenters. The first-order valence-electron chi connectivity index (χ1n) is 6.95. The lowest BCUT2D eigenvalue weighted by Gasteiger charge is -2.13. The number of esters is 1. The Labute approximate surface area is 132 Å². The van der Waals surface area contributed by atoms with Crippen LogP contribution in [0, 0.1) is 0 Å². The predicted octanol–water partition coefficient (Wildman–Crippen LogP) is 2.67. The highest BCUT2D eigenvalue weighted by Gasteiger charge is 2.36. The molecule has 1 aliphatic heterocycles. The van der Waals surface area contributed by atoms with Crippen LogP contribution in [0.4, 0.5) is 5.69 Å². The molecule has 3 rings (SSSR count). The number of amides is 2. The molecule has 114 valence electrons. The predicted molar refractivity (Wildman–Crippen MR) is 85.1 cm³/mol. The summed E-state index contributed by atoms with van der Waals surface area (Å²) in [6.45, 7) is 0. The molecule has 2 aromatic rings. The summed E-state index contributed by atoms with van der Waals surface area (Å²) in [4.78, 5) is 37.0. The largest absolute Gasteiger partial charge is 0.466 e. The monoisotopic (exact) mass is 307 g/mol. The number of ether oxygens (including phenoxy) is 1. The average molecular weight is 307 g/mol. The normalized spacial score (nSPS) is 13.5. The van der Waals surface area contributed by atoms with Crippen molar-refractivity contribution < 1.29 is 19.1 Å². The van der Waals surface area contributed by atoms with Gasteiger partial charge in [-0.2, -0.15) is 0 Å². The number of hydrogen-bond acceptors (Lipinski definition) is 4. The summed E-state index contributed by atoms with van der Waals surface area (Å²) in [5.74, 6) is -1.11. The van der Waals surface area contributed by atoms with Gasteiger partial charge in [0.05, 0.1) is 23.9 Å². The van der Waals surface area contributed by atoms with Crippen molar-refractivity contribution in [3.05, 3.63) is 71.3 Å². The van der Waals surface area contributed by atoms with Crippen LogP contribution < -0.4 is 4.90 Å². The zero-order valence-electron chi connectivity index (χ0n) is 12.4. The van der Waals surface area contributed by atoms with Crippen molar-refractivity contribution in [2.45, 2.75) is 0 Å². The summed E-state index contributed by atoms with van der Waals surface area (Å²) in [6.07, 6.45) is 2.90. The number of anilines is 1. The van der Waals surface area contributed by atoms with Gasteiger partial charge in [-0.05, 0) is 35.9 Å². The molecule has 0 saturated heterocycles. The van der Waals surface area contributed by atoms with Crippen molar-refractivity contribution in [1.29, 1.82) is 0 Å². The van der Waals surface area contributed by atoms with Crippen LogP contribution >= 0.6 is 0 Å². The first-order valence-corrected chi connectivity index (χ1v) is 6.95. The Morgan fingerprint density at radius 1 is 0.957 bits per heavy atom. The number of nitrogens with zero attached hydrogens (tertiary/aromatic N) is 1. The van der Waals surface area contributed by atoms with Crippen LogP contribution in [0.3, 0.4) is 0 Å². The second-order valence-electron chi connectivity index (χ2n) is 4.94. The van der Waals surface area contributed by atoms with Gasteiger partial charge in [0.25, 0.3) is 11.8 Å². The van der Waals surface area contributed by atoms with Crippen molar-refractivity contribution in [1.82, 2.24) is 0 Å².